The van der Waals surface area contributed by atoms with Crippen LogP contribution < -0.4 is 10.1 Å². The number of ether oxygens (including phenoxy) is 2. The molecule has 2 heterocycles. The van der Waals surface area contributed by atoms with E-state index in [1.165, 1.54) is 0 Å². The van der Waals surface area contributed by atoms with E-state index in [-0.39, 0.29) is 6.10 Å². The van der Waals surface area contributed by atoms with Crippen LogP contribution in [-0.4, -0.2) is 30.8 Å². The highest BCUT2D eigenvalue weighted by atomic mass is 16.6. The lowest BCUT2D eigenvalue weighted by Crippen LogP contribution is -2.38. The zero-order valence-electron chi connectivity index (χ0n) is 8.90. The minimum Gasteiger partial charge on any atom is -0.485 e. The molecule has 0 unspecified atom stereocenters. The first-order valence-electron chi connectivity index (χ1n) is 5.28. The van der Waals surface area contributed by atoms with Gasteiger partial charge in [0, 0.05) is 24.5 Å². The first-order chi connectivity index (χ1) is 7.40. The van der Waals surface area contributed by atoms with Crippen molar-refractivity contribution in [2.24, 2.45) is 0 Å². The van der Waals surface area contributed by atoms with Gasteiger partial charge in [-0.25, -0.2) is 0 Å². The highest BCUT2D eigenvalue weighted by Gasteiger charge is 2.21. The lowest BCUT2D eigenvalue weighted by Gasteiger charge is -2.27. The minimum atomic E-state index is 0.216. The largest absolute Gasteiger partial charge is 0.485 e. The highest BCUT2D eigenvalue weighted by molar-refractivity contribution is 5.30. The number of hydrogen-bond donors (Lipinski definition) is 1. The summed E-state index contributed by atoms with van der Waals surface area (Å²) < 4.78 is 10.8. The molecule has 4 nitrogen and oxygen atoms in total. The second kappa shape index (κ2) is 5.09. The van der Waals surface area contributed by atoms with Gasteiger partial charge < -0.3 is 14.8 Å². The fraction of sp³-hybridized carbons (Fsp3) is 0.545. The van der Waals surface area contributed by atoms with Crippen LogP contribution in [0.25, 0.3) is 0 Å². The lowest BCUT2D eigenvalue weighted by atomic mass is 10.2. The molecule has 1 saturated heterocycles. The monoisotopic (exact) mass is 208 g/mol. The van der Waals surface area contributed by atoms with E-state index in [0.29, 0.717) is 13.2 Å². The summed E-state index contributed by atoms with van der Waals surface area (Å²) in [5.41, 5.74) is 1.10. The highest BCUT2D eigenvalue weighted by Crippen LogP contribution is 2.20. The maximum atomic E-state index is 5.77. The standard InChI is InChI=1S/C11H16N2O2/c1-2-12-5-9-6-13-4-3-11(9)15-10-7-14-8-10/h3-4,6,10,12H,2,5,7-8H2,1H3. The van der Waals surface area contributed by atoms with E-state index in [9.17, 15) is 0 Å². The van der Waals surface area contributed by atoms with E-state index in [4.69, 9.17) is 9.47 Å². The van der Waals surface area contributed by atoms with Gasteiger partial charge in [0.2, 0.25) is 0 Å². The van der Waals surface area contributed by atoms with Gasteiger partial charge in [-0.2, -0.15) is 0 Å². The Morgan fingerprint density at radius 1 is 1.60 bits per heavy atom. The molecular formula is C11H16N2O2. The number of aromatic nitrogens is 1. The molecule has 1 aliphatic heterocycles. The first kappa shape index (κ1) is 10.4. The molecular weight excluding hydrogens is 192 g/mol. The molecule has 0 saturated carbocycles. The minimum absolute atomic E-state index is 0.216. The van der Waals surface area contributed by atoms with Crippen molar-refractivity contribution in [3.8, 4) is 5.75 Å². The number of hydrogen-bond acceptors (Lipinski definition) is 4. The van der Waals surface area contributed by atoms with E-state index in [2.05, 4.69) is 17.2 Å². The maximum absolute atomic E-state index is 5.77. The molecule has 0 radical (unpaired) electrons. The van der Waals surface area contributed by atoms with Crippen LogP contribution in [0.2, 0.25) is 0 Å². The summed E-state index contributed by atoms with van der Waals surface area (Å²) in [5.74, 6) is 0.916. The Kier molecular flexibility index (Phi) is 3.53. The van der Waals surface area contributed by atoms with Crippen molar-refractivity contribution in [2.45, 2.75) is 19.6 Å². The quantitative estimate of drug-likeness (QED) is 0.783. The van der Waals surface area contributed by atoms with Crippen LogP contribution in [0, 0.1) is 0 Å². The molecule has 15 heavy (non-hydrogen) atoms. The van der Waals surface area contributed by atoms with Crippen molar-refractivity contribution in [2.75, 3.05) is 19.8 Å². The second-order valence-electron chi connectivity index (χ2n) is 3.54. The van der Waals surface area contributed by atoms with E-state index >= 15 is 0 Å². The van der Waals surface area contributed by atoms with Crippen molar-refractivity contribution in [3.63, 3.8) is 0 Å². The predicted octanol–water partition coefficient (Wildman–Crippen LogP) is 0.969. The third-order valence-corrected chi connectivity index (χ3v) is 2.33. The molecule has 1 N–H and O–H groups in total. The van der Waals surface area contributed by atoms with Gasteiger partial charge in [0.05, 0.1) is 13.2 Å². The summed E-state index contributed by atoms with van der Waals surface area (Å²) in [6, 6.07) is 1.91. The molecule has 1 fully saturated rings. The normalized spacial score (nSPS) is 16.1. The van der Waals surface area contributed by atoms with E-state index in [1.807, 2.05) is 12.3 Å². The molecule has 0 aliphatic carbocycles. The summed E-state index contributed by atoms with van der Waals surface area (Å²) in [6.45, 7) is 5.22. The smallest absolute Gasteiger partial charge is 0.145 e. The molecule has 0 atom stereocenters. The summed E-state index contributed by atoms with van der Waals surface area (Å²) in [5, 5.41) is 3.26. The van der Waals surface area contributed by atoms with Crippen molar-refractivity contribution in [1.29, 1.82) is 0 Å². The molecule has 0 spiro atoms. The Balaban J connectivity index is 1.99. The molecule has 0 amide bonds. The third kappa shape index (κ3) is 2.67. The summed E-state index contributed by atoms with van der Waals surface area (Å²) >= 11 is 0. The molecule has 1 aromatic rings. The van der Waals surface area contributed by atoms with Crippen LogP contribution in [-0.2, 0) is 11.3 Å². The topological polar surface area (TPSA) is 43.4 Å². The van der Waals surface area contributed by atoms with Crippen LogP contribution in [0.15, 0.2) is 18.5 Å². The summed E-state index contributed by atoms with van der Waals surface area (Å²) in [7, 11) is 0. The number of nitrogens with zero attached hydrogens (tertiary/aromatic N) is 1. The Labute approximate surface area is 89.6 Å². The Hall–Kier alpha value is -1.13. The van der Waals surface area contributed by atoms with Crippen LogP contribution in [0.5, 0.6) is 5.75 Å². The zero-order valence-corrected chi connectivity index (χ0v) is 8.90. The molecule has 0 bridgehead atoms. The fourth-order valence-electron chi connectivity index (χ4n) is 1.38. The first-order valence-corrected chi connectivity index (χ1v) is 5.28. The molecule has 82 valence electrons. The van der Waals surface area contributed by atoms with Crippen molar-refractivity contribution in [1.82, 2.24) is 10.3 Å². The van der Waals surface area contributed by atoms with Gasteiger partial charge in [-0.1, -0.05) is 6.92 Å². The Morgan fingerprint density at radius 3 is 3.13 bits per heavy atom. The van der Waals surface area contributed by atoms with E-state index in [0.717, 1.165) is 24.4 Å². The van der Waals surface area contributed by atoms with Gasteiger partial charge in [-0.15, -0.1) is 0 Å². The lowest BCUT2D eigenvalue weighted by molar-refractivity contribution is -0.0800. The van der Waals surface area contributed by atoms with Gasteiger partial charge in [-0.3, -0.25) is 4.98 Å². The van der Waals surface area contributed by atoms with Crippen LogP contribution >= 0.6 is 0 Å². The molecule has 1 aromatic heterocycles. The average Bonchev–Trinajstić information content (AvgIpc) is 2.22. The fourth-order valence-corrected chi connectivity index (χ4v) is 1.38. The second-order valence-corrected chi connectivity index (χ2v) is 3.54. The predicted molar refractivity (Wildman–Crippen MR) is 56.9 cm³/mol. The van der Waals surface area contributed by atoms with Gasteiger partial charge in [-0.05, 0) is 12.6 Å². The van der Waals surface area contributed by atoms with E-state index in [1.54, 1.807) is 6.20 Å². The Bertz CT molecular complexity index is 313. The van der Waals surface area contributed by atoms with Gasteiger partial charge in [0.1, 0.15) is 11.9 Å². The van der Waals surface area contributed by atoms with Crippen LogP contribution in [0.1, 0.15) is 12.5 Å². The van der Waals surface area contributed by atoms with Crippen LogP contribution in [0.4, 0.5) is 0 Å². The van der Waals surface area contributed by atoms with Gasteiger partial charge in [0.25, 0.3) is 0 Å². The Morgan fingerprint density at radius 2 is 2.47 bits per heavy atom. The van der Waals surface area contributed by atoms with E-state index < -0.39 is 0 Å². The maximum Gasteiger partial charge on any atom is 0.145 e. The van der Waals surface area contributed by atoms with Crippen molar-refractivity contribution >= 4 is 0 Å². The number of nitrogens with one attached hydrogen (secondary N) is 1. The van der Waals surface area contributed by atoms with Crippen LogP contribution in [0.3, 0.4) is 0 Å². The van der Waals surface area contributed by atoms with Crippen molar-refractivity contribution in [3.05, 3.63) is 24.0 Å². The number of pyridine rings is 1. The van der Waals surface area contributed by atoms with Gasteiger partial charge in [0.15, 0.2) is 0 Å². The summed E-state index contributed by atoms with van der Waals surface area (Å²) in [6.07, 6.45) is 3.81. The summed E-state index contributed by atoms with van der Waals surface area (Å²) in [4.78, 5) is 4.10. The molecule has 4 heteroatoms. The van der Waals surface area contributed by atoms with Crippen molar-refractivity contribution < 1.29 is 9.47 Å². The average molecular weight is 208 g/mol. The van der Waals surface area contributed by atoms with Gasteiger partial charge >= 0.3 is 0 Å². The molecule has 2 rings (SSSR count). The molecule has 1 aliphatic rings. The molecule has 0 aromatic carbocycles. The third-order valence-electron chi connectivity index (χ3n) is 2.33. The number of rotatable bonds is 5. The zero-order chi connectivity index (χ0) is 10.5. The SMILES string of the molecule is CCNCc1cnccc1OC1COC1.